The zero-order chi connectivity index (χ0) is 20.6. The summed E-state index contributed by atoms with van der Waals surface area (Å²) in [5.41, 5.74) is 8.60. The molecule has 0 spiro atoms. The molecule has 3 rings (SSSR count). The first-order chi connectivity index (χ1) is 14.0. The molecule has 5 heteroatoms. The first kappa shape index (κ1) is 21.0. The summed E-state index contributed by atoms with van der Waals surface area (Å²) in [5.74, 6) is -0.288. The maximum atomic E-state index is 11.5. The van der Waals surface area contributed by atoms with Crippen LogP contribution in [0, 0.1) is 0 Å². The van der Waals surface area contributed by atoms with Gasteiger partial charge < -0.3 is 15.8 Å². The second kappa shape index (κ2) is 10.1. The monoisotopic (exact) mass is 391 g/mol. The maximum absolute atomic E-state index is 11.5. The summed E-state index contributed by atoms with van der Waals surface area (Å²) in [5, 5.41) is 5.88. The van der Waals surface area contributed by atoms with Gasteiger partial charge in [-0.2, -0.15) is 0 Å². The van der Waals surface area contributed by atoms with Crippen LogP contribution in [0.1, 0.15) is 43.9 Å². The number of rotatable bonds is 9. The zero-order valence-electron chi connectivity index (χ0n) is 17.0. The molecule has 1 aromatic heterocycles. The topological polar surface area (TPSA) is 77.2 Å². The number of hydrogen-bond acceptors (Lipinski definition) is 5. The Bertz CT molecular complexity index is 930. The minimum atomic E-state index is -0.315. The van der Waals surface area contributed by atoms with Crippen molar-refractivity contribution in [1.29, 1.82) is 0 Å². The molecule has 3 aromatic rings. The van der Waals surface area contributed by atoms with Crippen LogP contribution in [0.3, 0.4) is 0 Å². The molecule has 0 saturated carbocycles. The fraction of sp³-hybridized carbons (Fsp3) is 0.333. The molecule has 3 atom stereocenters. The molecular weight excluding hydrogens is 362 g/mol. The first-order valence-electron chi connectivity index (χ1n) is 10.0. The number of pyridine rings is 1. The van der Waals surface area contributed by atoms with Crippen molar-refractivity contribution in [2.24, 2.45) is 5.73 Å². The Morgan fingerprint density at radius 1 is 1.10 bits per heavy atom. The summed E-state index contributed by atoms with van der Waals surface area (Å²) in [6.07, 6.45) is 4.76. The Morgan fingerprint density at radius 2 is 1.90 bits per heavy atom. The van der Waals surface area contributed by atoms with Gasteiger partial charge in [-0.1, -0.05) is 42.5 Å². The molecule has 152 valence electrons. The third kappa shape index (κ3) is 6.38. The number of fused-ring (bicyclic) bond motifs is 1. The van der Waals surface area contributed by atoms with Crippen molar-refractivity contribution in [3.05, 3.63) is 78.1 Å². The maximum Gasteiger partial charge on any atom is 0.303 e. The molecule has 29 heavy (non-hydrogen) atoms. The van der Waals surface area contributed by atoms with E-state index in [-0.39, 0.29) is 24.2 Å². The van der Waals surface area contributed by atoms with Crippen LogP contribution in [-0.2, 0) is 16.1 Å². The molecule has 0 aliphatic carbocycles. The van der Waals surface area contributed by atoms with E-state index in [0.717, 1.165) is 23.9 Å². The highest BCUT2D eigenvalue weighted by molar-refractivity contribution is 5.81. The van der Waals surface area contributed by atoms with E-state index in [9.17, 15) is 4.79 Å². The van der Waals surface area contributed by atoms with Crippen LogP contribution < -0.4 is 11.1 Å². The van der Waals surface area contributed by atoms with Gasteiger partial charge in [0.05, 0.1) is 0 Å². The Kier molecular flexibility index (Phi) is 7.33. The lowest BCUT2D eigenvalue weighted by Crippen LogP contribution is -2.34. The third-order valence-corrected chi connectivity index (χ3v) is 5.01. The largest absolute Gasteiger partial charge is 0.458 e. The summed E-state index contributed by atoms with van der Waals surface area (Å²) < 4.78 is 5.51. The highest BCUT2D eigenvalue weighted by Gasteiger charge is 2.20. The molecule has 3 N–H and O–H groups in total. The number of nitrogens with two attached hydrogens (primary N) is 1. The number of carbonyl (C=O) groups is 1. The molecule has 0 fully saturated rings. The fourth-order valence-electron chi connectivity index (χ4n) is 3.56. The van der Waals surface area contributed by atoms with Gasteiger partial charge in [0.1, 0.15) is 6.10 Å². The molecular formula is C24H29N3O2. The lowest BCUT2D eigenvalue weighted by Gasteiger charge is -2.24. The molecule has 2 aromatic carbocycles. The number of benzene rings is 2. The lowest BCUT2D eigenvalue weighted by atomic mass is 9.98. The Hall–Kier alpha value is -2.76. The summed E-state index contributed by atoms with van der Waals surface area (Å²) in [6.45, 7) is 4.34. The lowest BCUT2D eigenvalue weighted by molar-refractivity contribution is -0.147. The van der Waals surface area contributed by atoms with Crippen LogP contribution >= 0.6 is 0 Å². The molecule has 2 unspecified atom stereocenters. The summed E-state index contributed by atoms with van der Waals surface area (Å²) >= 11 is 0. The fourth-order valence-corrected chi connectivity index (χ4v) is 3.56. The molecule has 1 heterocycles. The molecule has 5 nitrogen and oxygen atoms in total. The highest BCUT2D eigenvalue weighted by atomic mass is 16.5. The normalized spacial score (nSPS) is 14.3. The first-order valence-corrected chi connectivity index (χ1v) is 10.0. The van der Waals surface area contributed by atoms with Gasteiger partial charge >= 0.3 is 5.97 Å². The molecule has 0 aliphatic heterocycles. The number of hydrogen-bond donors (Lipinski definition) is 2. The van der Waals surface area contributed by atoms with Crippen molar-refractivity contribution in [3.63, 3.8) is 0 Å². The molecule has 0 radical (unpaired) electrons. The third-order valence-electron chi connectivity index (χ3n) is 5.01. The molecule has 0 bridgehead atoms. The van der Waals surface area contributed by atoms with E-state index in [1.165, 1.54) is 17.9 Å². The Balaban J connectivity index is 1.53. The van der Waals surface area contributed by atoms with E-state index in [0.29, 0.717) is 6.42 Å². The van der Waals surface area contributed by atoms with E-state index in [1.807, 2.05) is 48.8 Å². The van der Waals surface area contributed by atoms with Crippen molar-refractivity contribution in [2.75, 3.05) is 0 Å². The summed E-state index contributed by atoms with van der Waals surface area (Å²) in [4.78, 5) is 15.7. The highest BCUT2D eigenvalue weighted by Crippen LogP contribution is 2.24. The van der Waals surface area contributed by atoms with E-state index in [2.05, 4.69) is 35.4 Å². The van der Waals surface area contributed by atoms with Crippen molar-refractivity contribution in [1.82, 2.24) is 10.3 Å². The number of esters is 1. The van der Waals surface area contributed by atoms with Crippen LogP contribution in [0.2, 0.25) is 0 Å². The molecule has 0 saturated heterocycles. The Morgan fingerprint density at radius 3 is 2.66 bits per heavy atom. The summed E-state index contributed by atoms with van der Waals surface area (Å²) in [6, 6.07) is 18.4. The van der Waals surface area contributed by atoms with Gasteiger partial charge in [0, 0.05) is 49.8 Å². The SMILES string of the molecule is CC(=O)OC(CC(N)C[C@@H](C)NCc1ccc2cnccc2c1)c1ccccc1. The Labute approximate surface area is 172 Å². The van der Waals surface area contributed by atoms with Gasteiger partial charge in [-0.3, -0.25) is 9.78 Å². The van der Waals surface area contributed by atoms with E-state index < -0.39 is 0 Å². The second-order valence-electron chi connectivity index (χ2n) is 7.58. The molecule has 0 amide bonds. The van der Waals surface area contributed by atoms with Crippen molar-refractivity contribution < 1.29 is 9.53 Å². The number of aromatic nitrogens is 1. The van der Waals surface area contributed by atoms with E-state index >= 15 is 0 Å². The van der Waals surface area contributed by atoms with Gasteiger partial charge in [0.2, 0.25) is 0 Å². The minimum Gasteiger partial charge on any atom is -0.458 e. The van der Waals surface area contributed by atoms with Crippen molar-refractivity contribution in [2.45, 2.75) is 51.4 Å². The molecule has 0 aliphatic rings. The predicted molar refractivity (Wildman–Crippen MR) is 116 cm³/mol. The number of ether oxygens (including phenoxy) is 1. The van der Waals surface area contributed by atoms with E-state index in [1.54, 1.807) is 0 Å². The van der Waals surface area contributed by atoms with E-state index in [4.69, 9.17) is 10.5 Å². The number of carbonyl (C=O) groups excluding carboxylic acids is 1. The van der Waals surface area contributed by atoms with Crippen LogP contribution in [0.15, 0.2) is 67.0 Å². The van der Waals surface area contributed by atoms with Crippen molar-refractivity contribution >= 4 is 16.7 Å². The quantitative estimate of drug-likeness (QED) is 0.537. The van der Waals surface area contributed by atoms with Gasteiger partial charge in [-0.15, -0.1) is 0 Å². The van der Waals surface area contributed by atoms with Crippen LogP contribution in [0.25, 0.3) is 10.8 Å². The standard InChI is InChI=1S/C24H29N3O2/c1-17(27-15-19-8-9-22-16-26-11-10-21(22)13-19)12-23(25)14-24(29-18(2)28)20-6-4-3-5-7-20/h3-11,13,16-17,23-24,27H,12,14-15,25H2,1-2H3/t17-,23?,24?/m1/s1. The number of nitrogens with zero attached hydrogens (tertiary/aromatic N) is 1. The van der Waals surface area contributed by atoms with Gasteiger partial charge in [-0.05, 0) is 42.0 Å². The number of nitrogens with one attached hydrogen (secondary N) is 1. The predicted octanol–water partition coefficient (Wildman–Crippen LogP) is 4.12. The average molecular weight is 392 g/mol. The minimum absolute atomic E-state index is 0.0789. The summed E-state index contributed by atoms with van der Waals surface area (Å²) in [7, 11) is 0. The van der Waals surface area contributed by atoms with Crippen LogP contribution in [0.4, 0.5) is 0 Å². The van der Waals surface area contributed by atoms with Crippen LogP contribution in [-0.4, -0.2) is 23.0 Å². The van der Waals surface area contributed by atoms with Gasteiger partial charge in [0.15, 0.2) is 0 Å². The second-order valence-corrected chi connectivity index (χ2v) is 7.58. The van der Waals surface area contributed by atoms with Gasteiger partial charge in [-0.25, -0.2) is 0 Å². The van der Waals surface area contributed by atoms with Gasteiger partial charge in [0.25, 0.3) is 0 Å². The smallest absolute Gasteiger partial charge is 0.303 e. The zero-order valence-corrected chi connectivity index (χ0v) is 17.0. The average Bonchev–Trinajstić information content (AvgIpc) is 2.72. The van der Waals surface area contributed by atoms with Crippen molar-refractivity contribution in [3.8, 4) is 0 Å². The van der Waals surface area contributed by atoms with Crippen LogP contribution in [0.5, 0.6) is 0 Å².